The Balaban J connectivity index is 2.03. The van der Waals surface area contributed by atoms with Crippen LogP contribution >= 0.6 is 15.9 Å². The van der Waals surface area contributed by atoms with Gasteiger partial charge in [-0.2, -0.15) is 0 Å². The average molecular weight is 296 g/mol. The molecule has 0 atom stereocenters. The second kappa shape index (κ2) is 5.67. The molecule has 0 radical (unpaired) electrons. The highest BCUT2D eigenvalue weighted by atomic mass is 79.9. The third-order valence-electron chi connectivity index (χ3n) is 3.32. The van der Waals surface area contributed by atoms with Crippen molar-refractivity contribution in [3.8, 4) is 0 Å². The van der Waals surface area contributed by atoms with Gasteiger partial charge in [-0.1, -0.05) is 35.0 Å². The van der Waals surface area contributed by atoms with Crippen LogP contribution in [-0.4, -0.2) is 28.7 Å². The van der Waals surface area contributed by atoms with E-state index in [1.165, 1.54) is 5.56 Å². The van der Waals surface area contributed by atoms with Crippen LogP contribution in [0.1, 0.15) is 35.7 Å². The van der Waals surface area contributed by atoms with E-state index in [-0.39, 0.29) is 5.91 Å². The Hall–Kier alpha value is -0.830. The van der Waals surface area contributed by atoms with Gasteiger partial charge in [0, 0.05) is 23.5 Å². The molecule has 1 aromatic carbocycles. The molecule has 2 nitrogen and oxygen atoms in total. The number of amides is 1. The van der Waals surface area contributed by atoms with Gasteiger partial charge in [-0.25, -0.2) is 0 Å². The maximum atomic E-state index is 12.2. The van der Waals surface area contributed by atoms with E-state index in [1.807, 2.05) is 29.2 Å². The van der Waals surface area contributed by atoms with Crippen LogP contribution in [-0.2, 0) is 6.42 Å². The van der Waals surface area contributed by atoms with Gasteiger partial charge in [-0.3, -0.25) is 4.79 Å². The summed E-state index contributed by atoms with van der Waals surface area (Å²) < 4.78 is 0. The van der Waals surface area contributed by atoms with Crippen molar-refractivity contribution >= 4 is 21.8 Å². The monoisotopic (exact) mass is 295 g/mol. The first-order chi connectivity index (χ1) is 8.20. The molecule has 0 unspecified atom stereocenters. The maximum absolute atomic E-state index is 12.2. The zero-order valence-corrected chi connectivity index (χ0v) is 11.7. The summed E-state index contributed by atoms with van der Waals surface area (Å²) in [5, 5.41) is 0. The molecule has 1 aliphatic rings. The molecule has 3 heteroatoms. The second-order valence-electron chi connectivity index (χ2n) is 4.52. The second-order valence-corrected chi connectivity index (χ2v) is 5.81. The molecule has 0 N–H and O–H groups in total. The van der Waals surface area contributed by atoms with E-state index in [0.717, 1.165) is 37.9 Å². The number of hydrogen-bond acceptors (Lipinski definition) is 1. The third kappa shape index (κ3) is 3.09. The molecule has 1 heterocycles. The largest absolute Gasteiger partial charge is 0.339 e. The number of hydrogen-bond donors (Lipinski definition) is 0. The standard InChI is InChI=1S/C14H18BrNO/c1-2-11-3-5-12(6-4-11)14(17)16-9-7-13(15)8-10-16/h3-6,13H,2,7-10H2,1H3. The molecule has 17 heavy (non-hydrogen) atoms. The molecular weight excluding hydrogens is 278 g/mol. The van der Waals surface area contributed by atoms with Gasteiger partial charge in [0.05, 0.1) is 0 Å². The SMILES string of the molecule is CCc1ccc(C(=O)N2CCC(Br)CC2)cc1. The minimum Gasteiger partial charge on any atom is -0.339 e. The number of halogens is 1. The van der Waals surface area contributed by atoms with Crippen molar-refractivity contribution in [2.45, 2.75) is 31.0 Å². The van der Waals surface area contributed by atoms with Crippen molar-refractivity contribution in [2.75, 3.05) is 13.1 Å². The predicted octanol–water partition coefficient (Wildman–Crippen LogP) is 3.25. The zero-order chi connectivity index (χ0) is 12.3. The maximum Gasteiger partial charge on any atom is 0.253 e. The van der Waals surface area contributed by atoms with Crippen LogP contribution in [0, 0.1) is 0 Å². The Bertz CT molecular complexity index is 380. The van der Waals surface area contributed by atoms with Crippen molar-refractivity contribution in [1.82, 2.24) is 4.90 Å². The van der Waals surface area contributed by atoms with Gasteiger partial charge in [0.1, 0.15) is 0 Å². The van der Waals surface area contributed by atoms with Crippen LogP contribution in [0.4, 0.5) is 0 Å². The summed E-state index contributed by atoms with van der Waals surface area (Å²) in [5.74, 6) is 0.173. The van der Waals surface area contributed by atoms with E-state index in [9.17, 15) is 4.79 Å². The lowest BCUT2D eigenvalue weighted by Gasteiger charge is -2.29. The summed E-state index contributed by atoms with van der Waals surface area (Å²) >= 11 is 3.60. The van der Waals surface area contributed by atoms with Gasteiger partial charge in [-0.15, -0.1) is 0 Å². The fourth-order valence-electron chi connectivity index (χ4n) is 2.12. The fourth-order valence-corrected chi connectivity index (χ4v) is 2.53. The van der Waals surface area contributed by atoms with E-state index < -0.39 is 0 Å². The van der Waals surface area contributed by atoms with Crippen molar-refractivity contribution in [3.05, 3.63) is 35.4 Å². The molecule has 0 spiro atoms. The molecular formula is C14H18BrNO. The topological polar surface area (TPSA) is 20.3 Å². The smallest absolute Gasteiger partial charge is 0.253 e. The summed E-state index contributed by atoms with van der Waals surface area (Å²) in [6.07, 6.45) is 3.13. The quantitative estimate of drug-likeness (QED) is 0.767. The van der Waals surface area contributed by atoms with Crippen LogP contribution in [0.2, 0.25) is 0 Å². The van der Waals surface area contributed by atoms with Crippen LogP contribution in [0.15, 0.2) is 24.3 Å². The summed E-state index contributed by atoms with van der Waals surface area (Å²) in [4.78, 5) is 14.8. The van der Waals surface area contributed by atoms with Crippen LogP contribution in [0.5, 0.6) is 0 Å². The Morgan fingerprint density at radius 2 is 1.88 bits per heavy atom. The highest BCUT2D eigenvalue weighted by molar-refractivity contribution is 9.09. The zero-order valence-electron chi connectivity index (χ0n) is 10.2. The highest BCUT2D eigenvalue weighted by Gasteiger charge is 2.21. The Morgan fingerprint density at radius 1 is 1.29 bits per heavy atom. The molecule has 0 aromatic heterocycles. The number of alkyl halides is 1. The molecule has 1 saturated heterocycles. The molecule has 0 aliphatic carbocycles. The van der Waals surface area contributed by atoms with Crippen molar-refractivity contribution in [1.29, 1.82) is 0 Å². The van der Waals surface area contributed by atoms with Crippen molar-refractivity contribution in [2.24, 2.45) is 0 Å². The van der Waals surface area contributed by atoms with Crippen molar-refractivity contribution in [3.63, 3.8) is 0 Å². The minimum absolute atomic E-state index is 0.173. The van der Waals surface area contributed by atoms with E-state index in [1.54, 1.807) is 0 Å². The number of likely N-dealkylation sites (tertiary alicyclic amines) is 1. The average Bonchev–Trinajstić information content (AvgIpc) is 2.39. The number of piperidine rings is 1. The molecule has 0 saturated carbocycles. The van der Waals surface area contributed by atoms with Crippen LogP contribution in [0.25, 0.3) is 0 Å². The Morgan fingerprint density at radius 3 is 2.41 bits per heavy atom. The summed E-state index contributed by atoms with van der Waals surface area (Å²) in [5.41, 5.74) is 2.09. The number of benzene rings is 1. The highest BCUT2D eigenvalue weighted by Crippen LogP contribution is 2.19. The first-order valence-electron chi connectivity index (χ1n) is 6.23. The summed E-state index contributed by atoms with van der Waals surface area (Å²) in [7, 11) is 0. The lowest BCUT2D eigenvalue weighted by molar-refractivity contribution is 0.0728. The third-order valence-corrected chi connectivity index (χ3v) is 4.24. The van der Waals surface area contributed by atoms with Gasteiger partial charge in [0.15, 0.2) is 0 Å². The Kier molecular flexibility index (Phi) is 4.21. The first-order valence-corrected chi connectivity index (χ1v) is 7.14. The van der Waals surface area contributed by atoms with Gasteiger partial charge < -0.3 is 4.90 Å². The molecule has 2 rings (SSSR count). The molecule has 0 bridgehead atoms. The fraction of sp³-hybridized carbons (Fsp3) is 0.500. The number of carbonyl (C=O) groups excluding carboxylic acids is 1. The van der Waals surface area contributed by atoms with E-state index >= 15 is 0 Å². The summed E-state index contributed by atoms with van der Waals surface area (Å²) in [6, 6.07) is 7.98. The van der Waals surface area contributed by atoms with Crippen LogP contribution in [0.3, 0.4) is 0 Å². The summed E-state index contributed by atoms with van der Waals surface area (Å²) in [6.45, 7) is 3.85. The number of rotatable bonds is 2. The van der Waals surface area contributed by atoms with Gasteiger partial charge >= 0.3 is 0 Å². The Labute approximate surface area is 111 Å². The molecule has 1 aromatic rings. The lowest BCUT2D eigenvalue weighted by Crippen LogP contribution is -2.38. The molecule has 1 amide bonds. The first kappa shape index (κ1) is 12.6. The van der Waals surface area contributed by atoms with E-state index in [2.05, 4.69) is 22.9 Å². The van der Waals surface area contributed by atoms with Gasteiger partial charge in [0.2, 0.25) is 0 Å². The molecule has 92 valence electrons. The van der Waals surface area contributed by atoms with Gasteiger partial charge in [-0.05, 0) is 37.0 Å². The lowest BCUT2D eigenvalue weighted by atomic mass is 10.1. The number of aryl methyl sites for hydroxylation is 1. The number of nitrogens with zero attached hydrogens (tertiary/aromatic N) is 1. The predicted molar refractivity (Wildman–Crippen MR) is 73.7 cm³/mol. The normalized spacial score (nSPS) is 17.2. The molecule has 1 fully saturated rings. The van der Waals surface area contributed by atoms with E-state index in [0.29, 0.717) is 4.83 Å². The van der Waals surface area contributed by atoms with E-state index in [4.69, 9.17) is 0 Å². The number of carbonyl (C=O) groups is 1. The van der Waals surface area contributed by atoms with Crippen LogP contribution < -0.4 is 0 Å². The minimum atomic E-state index is 0.173. The van der Waals surface area contributed by atoms with Gasteiger partial charge in [0.25, 0.3) is 5.91 Å². The van der Waals surface area contributed by atoms with Crippen molar-refractivity contribution < 1.29 is 4.79 Å². The molecule has 1 aliphatic heterocycles.